The third-order valence-corrected chi connectivity index (χ3v) is 3.68. The normalized spacial score (nSPS) is 11.2. The van der Waals surface area contributed by atoms with Gasteiger partial charge in [0.1, 0.15) is 11.5 Å². The summed E-state index contributed by atoms with van der Waals surface area (Å²) in [5.41, 5.74) is 6.53. The van der Waals surface area contributed by atoms with Gasteiger partial charge in [0.2, 0.25) is 0 Å². The van der Waals surface area contributed by atoms with Crippen molar-refractivity contribution >= 4 is 11.9 Å². The smallest absolute Gasteiger partial charge is 0.387 e. The fourth-order valence-corrected chi connectivity index (χ4v) is 2.44. The molecule has 0 saturated carbocycles. The predicted octanol–water partition coefficient (Wildman–Crippen LogP) is 2.41. The number of hydrogen-bond acceptors (Lipinski definition) is 4. The Morgan fingerprint density at radius 2 is 1.97 bits per heavy atom. The Bertz CT molecular complexity index is 831. The Balaban J connectivity index is 2.02. The van der Waals surface area contributed by atoms with Gasteiger partial charge in [-0.15, -0.1) is 0 Å². The molecule has 0 aliphatic heterocycles. The minimum atomic E-state index is -2.89. The van der Waals surface area contributed by atoms with E-state index in [1.807, 2.05) is 13.0 Å². The molecule has 1 amide bonds. The van der Waals surface area contributed by atoms with E-state index in [4.69, 9.17) is 10.5 Å². The van der Waals surface area contributed by atoms with Gasteiger partial charge in [0.05, 0.1) is 6.54 Å². The SMILES string of the molecule is CCNC(=NCc1cccc(OCC(N)=O)c1)NCc1ccccc1OC(F)F. The average molecular weight is 406 g/mol. The van der Waals surface area contributed by atoms with Crippen molar-refractivity contribution in [2.75, 3.05) is 13.2 Å². The van der Waals surface area contributed by atoms with E-state index in [9.17, 15) is 13.6 Å². The van der Waals surface area contributed by atoms with Crippen LogP contribution in [0, 0.1) is 0 Å². The van der Waals surface area contributed by atoms with E-state index in [1.165, 1.54) is 6.07 Å². The van der Waals surface area contributed by atoms with Crippen LogP contribution in [-0.4, -0.2) is 31.6 Å². The average Bonchev–Trinajstić information content (AvgIpc) is 2.69. The van der Waals surface area contributed by atoms with Crippen molar-refractivity contribution in [2.45, 2.75) is 26.6 Å². The molecule has 0 heterocycles. The molecule has 0 spiro atoms. The monoisotopic (exact) mass is 406 g/mol. The second-order valence-electron chi connectivity index (χ2n) is 5.94. The molecule has 0 aromatic heterocycles. The van der Waals surface area contributed by atoms with Crippen LogP contribution in [0.15, 0.2) is 53.5 Å². The number of carbonyl (C=O) groups is 1. The molecule has 29 heavy (non-hydrogen) atoms. The van der Waals surface area contributed by atoms with Crippen molar-refractivity contribution in [2.24, 2.45) is 10.7 Å². The molecule has 156 valence electrons. The highest BCUT2D eigenvalue weighted by atomic mass is 19.3. The van der Waals surface area contributed by atoms with Crippen molar-refractivity contribution in [3.63, 3.8) is 0 Å². The van der Waals surface area contributed by atoms with Crippen molar-refractivity contribution in [3.05, 3.63) is 59.7 Å². The maximum absolute atomic E-state index is 12.5. The zero-order valence-corrected chi connectivity index (χ0v) is 16.0. The van der Waals surface area contributed by atoms with Gasteiger partial charge >= 0.3 is 6.61 Å². The standard InChI is InChI=1S/C20H24F2N4O3/c1-2-24-20(26-12-15-7-3-4-9-17(15)29-19(21)22)25-11-14-6-5-8-16(10-14)28-13-18(23)27/h3-10,19H,2,11-13H2,1H3,(H2,23,27)(H2,24,25,26). The van der Waals surface area contributed by atoms with Gasteiger partial charge in [-0.05, 0) is 30.7 Å². The molecule has 0 bridgehead atoms. The van der Waals surface area contributed by atoms with Crippen LogP contribution in [0.1, 0.15) is 18.1 Å². The zero-order chi connectivity index (χ0) is 21.1. The van der Waals surface area contributed by atoms with Gasteiger partial charge in [-0.1, -0.05) is 30.3 Å². The lowest BCUT2D eigenvalue weighted by Crippen LogP contribution is -2.36. The van der Waals surface area contributed by atoms with Crippen LogP contribution >= 0.6 is 0 Å². The Labute approximate surface area is 167 Å². The number of alkyl halides is 2. The maximum Gasteiger partial charge on any atom is 0.387 e. The van der Waals surface area contributed by atoms with Crippen LogP contribution in [0.5, 0.6) is 11.5 Å². The largest absolute Gasteiger partial charge is 0.484 e. The Morgan fingerprint density at radius 1 is 1.17 bits per heavy atom. The first-order chi connectivity index (χ1) is 14.0. The highest BCUT2D eigenvalue weighted by molar-refractivity contribution is 5.79. The number of halogens is 2. The number of ether oxygens (including phenoxy) is 2. The van der Waals surface area contributed by atoms with E-state index >= 15 is 0 Å². The number of nitrogens with zero attached hydrogens (tertiary/aromatic N) is 1. The number of benzene rings is 2. The number of nitrogens with one attached hydrogen (secondary N) is 2. The van der Waals surface area contributed by atoms with Gasteiger partial charge in [0, 0.05) is 18.7 Å². The van der Waals surface area contributed by atoms with Gasteiger partial charge in [-0.2, -0.15) is 8.78 Å². The second-order valence-corrected chi connectivity index (χ2v) is 5.94. The Hall–Kier alpha value is -3.36. The number of hydrogen-bond donors (Lipinski definition) is 3. The van der Waals surface area contributed by atoms with Crippen molar-refractivity contribution in [1.82, 2.24) is 10.6 Å². The van der Waals surface area contributed by atoms with Gasteiger partial charge < -0.3 is 25.8 Å². The van der Waals surface area contributed by atoms with E-state index in [-0.39, 0.29) is 18.9 Å². The summed E-state index contributed by atoms with van der Waals surface area (Å²) in [4.78, 5) is 15.3. The van der Waals surface area contributed by atoms with Gasteiger partial charge in [-0.25, -0.2) is 4.99 Å². The minimum Gasteiger partial charge on any atom is -0.484 e. The number of primary amides is 1. The van der Waals surface area contributed by atoms with E-state index in [0.717, 1.165) is 5.56 Å². The lowest BCUT2D eigenvalue weighted by Gasteiger charge is -2.14. The fraction of sp³-hybridized carbons (Fsp3) is 0.300. The first kappa shape index (κ1) is 21.9. The van der Waals surface area contributed by atoms with Crippen LogP contribution in [0.4, 0.5) is 8.78 Å². The number of rotatable bonds is 10. The number of nitrogens with two attached hydrogens (primary N) is 1. The van der Waals surface area contributed by atoms with Crippen LogP contribution in [0.25, 0.3) is 0 Å². The molecule has 0 saturated heterocycles. The fourth-order valence-electron chi connectivity index (χ4n) is 2.44. The van der Waals surface area contributed by atoms with E-state index in [2.05, 4.69) is 20.4 Å². The van der Waals surface area contributed by atoms with Crippen LogP contribution < -0.4 is 25.8 Å². The molecular formula is C20H24F2N4O3. The predicted molar refractivity (Wildman–Crippen MR) is 106 cm³/mol. The summed E-state index contributed by atoms with van der Waals surface area (Å²) in [6.45, 7) is 0.0693. The summed E-state index contributed by atoms with van der Waals surface area (Å²) >= 11 is 0. The van der Waals surface area contributed by atoms with Gasteiger partial charge in [-0.3, -0.25) is 4.79 Å². The minimum absolute atomic E-state index is 0.116. The quantitative estimate of drug-likeness (QED) is 0.416. The van der Waals surface area contributed by atoms with E-state index < -0.39 is 12.5 Å². The maximum atomic E-state index is 12.5. The molecule has 4 N–H and O–H groups in total. The third-order valence-electron chi connectivity index (χ3n) is 3.68. The van der Waals surface area contributed by atoms with Crippen molar-refractivity contribution in [1.29, 1.82) is 0 Å². The van der Waals surface area contributed by atoms with Crippen LogP contribution in [0.3, 0.4) is 0 Å². The molecule has 0 aliphatic rings. The highest BCUT2D eigenvalue weighted by Crippen LogP contribution is 2.20. The first-order valence-electron chi connectivity index (χ1n) is 9.03. The molecule has 9 heteroatoms. The summed E-state index contributed by atoms with van der Waals surface area (Å²) in [6, 6.07) is 13.7. The number of carbonyl (C=O) groups excluding carboxylic acids is 1. The lowest BCUT2D eigenvalue weighted by atomic mass is 10.2. The van der Waals surface area contributed by atoms with Crippen molar-refractivity contribution < 1.29 is 23.0 Å². The third kappa shape index (κ3) is 8.04. The lowest BCUT2D eigenvalue weighted by molar-refractivity contribution is -0.119. The molecule has 2 rings (SSSR count). The van der Waals surface area contributed by atoms with Gasteiger partial charge in [0.15, 0.2) is 12.6 Å². The van der Waals surface area contributed by atoms with E-state index in [0.29, 0.717) is 30.4 Å². The summed E-state index contributed by atoms with van der Waals surface area (Å²) in [6.07, 6.45) is 0. The van der Waals surface area contributed by atoms with E-state index in [1.54, 1.807) is 36.4 Å². The molecule has 2 aromatic rings. The topological polar surface area (TPSA) is 98.0 Å². The van der Waals surface area contributed by atoms with Crippen LogP contribution in [-0.2, 0) is 17.9 Å². The molecular weight excluding hydrogens is 382 g/mol. The first-order valence-corrected chi connectivity index (χ1v) is 9.03. The number of para-hydroxylation sites is 1. The molecule has 0 radical (unpaired) electrons. The summed E-state index contributed by atoms with van der Waals surface area (Å²) in [5.74, 6) is 0.601. The zero-order valence-electron chi connectivity index (χ0n) is 16.0. The Kier molecular flexibility index (Phi) is 8.68. The number of amides is 1. The molecule has 0 aliphatic carbocycles. The molecule has 2 aromatic carbocycles. The summed E-state index contributed by atoms with van der Waals surface area (Å²) in [5, 5.41) is 6.19. The van der Waals surface area contributed by atoms with Gasteiger partial charge in [0.25, 0.3) is 5.91 Å². The molecule has 0 atom stereocenters. The van der Waals surface area contributed by atoms with Crippen LogP contribution in [0.2, 0.25) is 0 Å². The van der Waals surface area contributed by atoms with Crippen molar-refractivity contribution in [3.8, 4) is 11.5 Å². The Morgan fingerprint density at radius 3 is 2.69 bits per heavy atom. The summed E-state index contributed by atoms with van der Waals surface area (Å²) < 4.78 is 34.9. The number of guanidine groups is 1. The molecule has 0 fully saturated rings. The highest BCUT2D eigenvalue weighted by Gasteiger charge is 2.09. The second kappa shape index (κ2) is 11.5. The molecule has 7 nitrogen and oxygen atoms in total. The summed E-state index contributed by atoms with van der Waals surface area (Å²) in [7, 11) is 0. The number of aliphatic imine (C=N–C) groups is 1. The molecule has 0 unspecified atom stereocenters.